The Hall–Kier alpha value is -4.25. The summed E-state index contributed by atoms with van der Waals surface area (Å²) in [5.74, 6) is -0.722. The largest absolute Gasteiger partial charge is 0.399 e. The van der Waals surface area contributed by atoms with E-state index in [-0.39, 0.29) is 22.5 Å². The average Bonchev–Trinajstić information content (AvgIpc) is 2.75. The molecule has 3 aromatic rings. The second-order valence-electron chi connectivity index (χ2n) is 7.57. The normalized spacial score (nSPS) is 13.1. The van der Waals surface area contributed by atoms with Crippen LogP contribution >= 0.6 is 0 Å². The molecule has 30 heavy (non-hydrogen) atoms. The minimum Gasteiger partial charge on any atom is -0.399 e. The molecule has 0 fully saturated rings. The zero-order valence-corrected chi connectivity index (χ0v) is 15.7. The first-order valence-corrected chi connectivity index (χ1v) is 9.53. The fraction of sp³-hybridized carbons (Fsp3) is 0. The second kappa shape index (κ2) is 5.64. The van der Waals surface area contributed by atoms with Crippen molar-refractivity contribution < 1.29 is 9.59 Å². The molecule has 142 valence electrons. The van der Waals surface area contributed by atoms with Gasteiger partial charge in [-0.15, -0.1) is 0 Å². The van der Waals surface area contributed by atoms with Gasteiger partial charge in [-0.3, -0.25) is 14.4 Å². The fourth-order valence-corrected chi connectivity index (χ4v) is 4.47. The molecular weight excluding hydrogens is 376 g/mol. The lowest BCUT2D eigenvalue weighted by Gasteiger charge is -2.22. The Morgan fingerprint density at radius 1 is 0.667 bits per heavy atom. The van der Waals surface area contributed by atoms with Crippen molar-refractivity contribution in [2.24, 2.45) is 0 Å². The van der Waals surface area contributed by atoms with Crippen molar-refractivity contribution >= 4 is 38.9 Å². The molecule has 5 nitrogen and oxygen atoms in total. The third-order valence-electron chi connectivity index (χ3n) is 5.83. The maximum atomic E-state index is 13.7. The number of benzene rings is 4. The van der Waals surface area contributed by atoms with Gasteiger partial charge in [-0.05, 0) is 41.1 Å². The van der Waals surface area contributed by atoms with Crippen molar-refractivity contribution in [2.45, 2.75) is 0 Å². The highest BCUT2D eigenvalue weighted by molar-refractivity contribution is 6.34. The first-order chi connectivity index (χ1) is 14.5. The van der Waals surface area contributed by atoms with Crippen LogP contribution in [-0.2, 0) is 0 Å². The second-order valence-corrected chi connectivity index (χ2v) is 7.57. The first-order valence-electron chi connectivity index (χ1n) is 9.53. The molecule has 3 aliphatic rings. The summed E-state index contributed by atoms with van der Waals surface area (Å²) in [5, 5.41) is 2.37. The number of aromatic amines is 1. The number of nitrogen functional groups attached to an aromatic ring is 1. The summed E-state index contributed by atoms with van der Waals surface area (Å²) in [5.41, 5.74) is 8.62. The van der Waals surface area contributed by atoms with Gasteiger partial charge in [0, 0.05) is 44.9 Å². The lowest BCUT2D eigenvalue weighted by atomic mass is 9.78. The highest BCUT2D eigenvalue weighted by atomic mass is 16.1. The molecule has 0 atom stereocenters. The van der Waals surface area contributed by atoms with Crippen LogP contribution in [0.3, 0.4) is 0 Å². The Balaban J connectivity index is 1.77. The molecule has 0 saturated heterocycles. The molecule has 0 aromatic heterocycles. The SMILES string of the molecule is Nc1ccc2[nH]c3cc(=O)c4c(c-3cc2c1)C(=O)c1c(ccc2ccccc12)C4=O. The van der Waals surface area contributed by atoms with Gasteiger partial charge in [0.15, 0.2) is 17.0 Å². The lowest BCUT2D eigenvalue weighted by molar-refractivity contribution is 0.0980. The maximum absolute atomic E-state index is 13.7. The number of nitrogens with one attached hydrogen (secondary N) is 1. The molecule has 3 N–H and O–H groups in total. The van der Waals surface area contributed by atoms with Gasteiger partial charge in [0.25, 0.3) is 0 Å². The molecular formula is C25H14N2O3. The van der Waals surface area contributed by atoms with Crippen LogP contribution in [0, 0.1) is 0 Å². The summed E-state index contributed by atoms with van der Waals surface area (Å²) in [4.78, 5) is 43.1. The van der Waals surface area contributed by atoms with E-state index in [1.807, 2.05) is 36.4 Å². The van der Waals surface area contributed by atoms with Gasteiger partial charge < -0.3 is 10.7 Å². The zero-order valence-electron chi connectivity index (χ0n) is 15.7. The molecule has 6 rings (SSSR count). The van der Waals surface area contributed by atoms with Crippen LogP contribution in [0.1, 0.15) is 31.8 Å². The number of hydrogen-bond donors (Lipinski definition) is 2. The third-order valence-corrected chi connectivity index (χ3v) is 5.83. The van der Waals surface area contributed by atoms with Crippen molar-refractivity contribution in [3.8, 4) is 11.3 Å². The molecule has 3 aromatic carbocycles. The van der Waals surface area contributed by atoms with Crippen molar-refractivity contribution in [1.82, 2.24) is 4.98 Å². The van der Waals surface area contributed by atoms with Gasteiger partial charge >= 0.3 is 0 Å². The number of rotatable bonds is 0. The summed E-state index contributed by atoms with van der Waals surface area (Å²) in [6.45, 7) is 0. The number of anilines is 1. The van der Waals surface area contributed by atoms with Crippen LogP contribution in [0.4, 0.5) is 5.69 Å². The van der Waals surface area contributed by atoms with Crippen LogP contribution in [0.15, 0.2) is 71.5 Å². The highest BCUT2D eigenvalue weighted by Crippen LogP contribution is 2.37. The molecule has 2 aliphatic carbocycles. The standard InChI is InChI=1S/C25H14N2O3/c26-14-6-8-18-13(9-14)10-17-19(27-18)11-20(28)23-22(17)25(30)21-15-4-2-1-3-12(15)5-7-16(21)24(23)29/h1-11,27H,26H2. The fourth-order valence-electron chi connectivity index (χ4n) is 4.47. The third kappa shape index (κ3) is 2.09. The molecule has 1 heterocycles. The van der Waals surface area contributed by atoms with E-state index >= 15 is 0 Å². The Labute approximate surface area is 170 Å². The summed E-state index contributed by atoms with van der Waals surface area (Å²) >= 11 is 0. The molecule has 0 unspecified atom stereocenters. The van der Waals surface area contributed by atoms with Crippen LogP contribution in [0.2, 0.25) is 0 Å². The average molecular weight is 390 g/mol. The van der Waals surface area contributed by atoms with E-state index in [9.17, 15) is 14.4 Å². The molecule has 5 heteroatoms. The maximum Gasteiger partial charge on any atom is 0.198 e. The van der Waals surface area contributed by atoms with E-state index in [0.29, 0.717) is 27.9 Å². The van der Waals surface area contributed by atoms with Crippen molar-refractivity contribution in [2.75, 3.05) is 5.73 Å². The smallest absolute Gasteiger partial charge is 0.198 e. The molecule has 0 bridgehead atoms. The predicted molar refractivity (Wildman–Crippen MR) is 116 cm³/mol. The number of H-pyrrole nitrogens is 1. The van der Waals surface area contributed by atoms with Gasteiger partial charge in [0.2, 0.25) is 0 Å². The Bertz CT molecular complexity index is 1610. The van der Waals surface area contributed by atoms with Crippen molar-refractivity contribution in [3.05, 3.63) is 99.2 Å². The van der Waals surface area contributed by atoms with E-state index in [4.69, 9.17) is 5.73 Å². The quantitative estimate of drug-likeness (QED) is 0.301. The minimum absolute atomic E-state index is 0.0630. The van der Waals surface area contributed by atoms with Crippen LogP contribution in [-0.4, -0.2) is 16.6 Å². The number of hydrogen-bond acceptors (Lipinski definition) is 4. The number of carbonyl (C=O) groups excluding carboxylic acids is 2. The number of pyridine rings is 1. The molecule has 0 spiro atoms. The number of aromatic nitrogens is 1. The Kier molecular flexibility index (Phi) is 3.14. The van der Waals surface area contributed by atoms with E-state index in [0.717, 1.165) is 16.3 Å². The number of fused-ring (bicyclic) bond motifs is 7. The summed E-state index contributed by atoms with van der Waals surface area (Å²) < 4.78 is 0. The van der Waals surface area contributed by atoms with Gasteiger partial charge in [0.05, 0.1) is 11.3 Å². The van der Waals surface area contributed by atoms with E-state index in [1.54, 1.807) is 24.3 Å². The summed E-state index contributed by atoms with van der Waals surface area (Å²) in [6.07, 6.45) is 0. The van der Waals surface area contributed by atoms with Crippen molar-refractivity contribution in [3.63, 3.8) is 0 Å². The predicted octanol–water partition coefficient (Wildman–Crippen LogP) is 4.14. The monoisotopic (exact) mass is 390 g/mol. The number of ketones is 2. The lowest BCUT2D eigenvalue weighted by Crippen LogP contribution is -2.29. The molecule has 0 amide bonds. The van der Waals surface area contributed by atoms with Crippen LogP contribution < -0.4 is 11.2 Å². The molecule has 0 radical (unpaired) electrons. The molecule has 0 saturated carbocycles. The van der Waals surface area contributed by atoms with E-state index < -0.39 is 11.2 Å². The first kappa shape index (κ1) is 16.7. The number of carbonyl (C=O) groups is 2. The van der Waals surface area contributed by atoms with Crippen LogP contribution in [0.5, 0.6) is 0 Å². The minimum atomic E-state index is -0.458. The van der Waals surface area contributed by atoms with Gasteiger partial charge in [-0.1, -0.05) is 30.3 Å². The van der Waals surface area contributed by atoms with Gasteiger partial charge in [-0.25, -0.2) is 0 Å². The van der Waals surface area contributed by atoms with Crippen LogP contribution in [0.25, 0.3) is 32.9 Å². The molecule has 1 aliphatic heterocycles. The summed E-state index contributed by atoms with van der Waals surface area (Å²) in [6, 6.07) is 19.5. The van der Waals surface area contributed by atoms with Gasteiger partial charge in [0.1, 0.15) is 0 Å². The highest BCUT2D eigenvalue weighted by Gasteiger charge is 2.36. The zero-order chi connectivity index (χ0) is 20.6. The Morgan fingerprint density at radius 2 is 1.50 bits per heavy atom. The number of nitrogens with two attached hydrogens (primary N) is 1. The summed E-state index contributed by atoms with van der Waals surface area (Å²) in [7, 11) is 0. The van der Waals surface area contributed by atoms with Gasteiger partial charge in [-0.2, -0.15) is 0 Å². The van der Waals surface area contributed by atoms with Crippen molar-refractivity contribution in [1.29, 1.82) is 0 Å². The van der Waals surface area contributed by atoms with E-state index in [1.165, 1.54) is 6.07 Å². The van der Waals surface area contributed by atoms with E-state index in [2.05, 4.69) is 4.98 Å². The Morgan fingerprint density at radius 3 is 2.37 bits per heavy atom. The topological polar surface area (TPSA) is 93.0 Å².